The summed E-state index contributed by atoms with van der Waals surface area (Å²) in [6.45, 7) is 9.25. The molecule has 2 N–H and O–H groups in total. The fourth-order valence-electron chi connectivity index (χ4n) is 4.12. The van der Waals surface area contributed by atoms with Gasteiger partial charge in [0.1, 0.15) is 5.82 Å². The Morgan fingerprint density at radius 3 is 2.54 bits per heavy atom. The number of anilines is 2. The van der Waals surface area contributed by atoms with E-state index in [-0.39, 0.29) is 23.1 Å². The predicted molar refractivity (Wildman–Crippen MR) is 148 cm³/mol. The van der Waals surface area contributed by atoms with Crippen LogP contribution in [0.15, 0.2) is 30.3 Å². The number of sulfonamides is 1. The number of ketones is 1. The maximum absolute atomic E-state index is 11.2. The number of fused-ring (bicyclic) bond motifs is 1. The molecule has 1 saturated heterocycles. The van der Waals surface area contributed by atoms with E-state index in [1.54, 1.807) is 0 Å². The summed E-state index contributed by atoms with van der Waals surface area (Å²) in [6, 6.07) is 8.57. The fourth-order valence-corrected chi connectivity index (χ4v) is 4.87. The molecule has 0 bridgehead atoms. The van der Waals surface area contributed by atoms with Gasteiger partial charge in [0.15, 0.2) is 11.4 Å². The number of rotatable bonds is 9. The molecule has 1 aliphatic heterocycles. The highest BCUT2D eigenvalue weighted by molar-refractivity contribution is 7.92. The van der Waals surface area contributed by atoms with Crippen molar-refractivity contribution in [3.05, 3.63) is 52.3 Å². The quantitative estimate of drug-likeness (QED) is 0.290. The van der Waals surface area contributed by atoms with Gasteiger partial charge >= 0.3 is 0 Å². The van der Waals surface area contributed by atoms with Gasteiger partial charge in [-0.25, -0.2) is 17.9 Å². The number of aliphatic hydroxyl groups excluding tert-OH is 1. The highest BCUT2D eigenvalue weighted by Crippen LogP contribution is 2.25. The maximum atomic E-state index is 11.2. The van der Waals surface area contributed by atoms with E-state index >= 15 is 0 Å². The summed E-state index contributed by atoms with van der Waals surface area (Å²) in [5.41, 5.74) is 3.64. The number of Topliss-reactive ketones (excluding diaryl/α,β-unsaturated/α-hetero) is 1. The molecule has 0 aliphatic carbocycles. The lowest BCUT2D eigenvalue weighted by atomic mass is 10.0. The molecule has 1 aromatic carbocycles. The van der Waals surface area contributed by atoms with Gasteiger partial charge in [-0.3, -0.25) is 9.52 Å². The molecule has 0 spiro atoms. The van der Waals surface area contributed by atoms with Gasteiger partial charge in [-0.2, -0.15) is 5.10 Å². The molecule has 1 aliphatic rings. The Balaban J connectivity index is 0.000000222. The van der Waals surface area contributed by atoms with Gasteiger partial charge in [0, 0.05) is 47.4 Å². The van der Waals surface area contributed by atoms with Gasteiger partial charge in [0.05, 0.1) is 23.7 Å². The topological polar surface area (TPSA) is 117 Å². The number of hydrogen-bond acceptors (Lipinski definition) is 7. The van der Waals surface area contributed by atoms with Crippen molar-refractivity contribution in [2.45, 2.75) is 65.4 Å². The zero-order chi connectivity index (χ0) is 27.3. The van der Waals surface area contributed by atoms with E-state index in [1.165, 1.54) is 50.8 Å². The van der Waals surface area contributed by atoms with Crippen LogP contribution >= 0.6 is 11.6 Å². The maximum Gasteiger partial charge on any atom is 0.229 e. The summed E-state index contributed by atoms with van der Waals surface area (Å²) in [4.78, 5) is 18.0. The highest BCUT2D eigenvalue weighted by atomic mass is 35.5. The second-order valence-corrected chi connectivity index (χ2v) is 11.9. The molecule has 0 saturated carbocycles. The third-order valence-electron chi connectivity index (χ3n) is 6.20. The minimum absolute atomic E-state index is 0.211. The van der Waals surface area contributed by atoms with Crippen LogP contribution in [0.2, 0.25) is 5.02 Å². The molecule has 9 nitrogen and oxygen atoms in total. The summed E-state index contributed by atoms with van der Waals surface area (Å²) in [5, 5.41) is 14.6. The van der Waals surface area contributed by atoms with Crippen LogP contribution < -0.4 is 9.62 Å². The van der Waals surface area contributed by atoms with Crippen LogP contribution in [-0.4, -0.2) is 59.4 Å². The van der Waals surface area contributed by atoms with E-state index in [4.69, 9.17) is 21.7 Å². The Bertz CT molecular complexity index is 1350. The number of hydrogen-bond donors (Lipinski definition) is 2. The average Bonchev–Trinajstić information content (AvgIpc) is 3.23. The highest BCUT2D eigenvalue weighted by Gasteiger charge is 2.26. The Morgan fingerprint density at radius 1 is 1.24 bits per heavy atom. The molecule has 3 aromatic rings. The van der Waals surface area contributed by atoms with Crippen molar-refractivity contribution in [2.75, 3.05) is 29.0 Å². The van der Waals surface area contributed by atoms with Gasteiger partial charge < -0.3 is 10.0 Å². The third kappa shape index (κ3) is 7.90. The number of aromatic nitrogens is 3. The summed E-state index contributed by atoms with van der Waals surface area (Å²) in [7, 11) is -3.39. The van der Waals surface area contributed by atoms with Crippen molar-refractivity contribution in [1.82, 2.24) is 14.6 Å². The summed E-state index contributed by atoms with van der Waals surface area (Å²) in [5.74, 6) is 1.17. The smallest absolute Gasteiger partial charge is 0.229 e. The molecular formula is C26H36ClN5O4S. The van der Waals surface area contributed by atoms with Crippen molar-refractivity contribution >= 4 is 44.6 Å². The predicted octanol–water partition coefficient (Wildman–Crippen LogP) is 4.82. The molecule has 4 rings (SSSR count). The molecule has 1 atom stereocenters. The van der Waals surface area contributed by atoms with Gasteiger partial charge in [0.25, 0.3) is 0 Å². The summed E-state index contributed by atoms with van der Waals surface area (Å²) >= 11 is 5.70. The molecule has 202 valence electrons. The Labute approximate surface area is 223 Å². The largest absolute Gasteiger partial charge is 0.389 e. The number of β-amino-alcohol motifs (C(OH)–C–C–N with tert-alkyl or cyclic N) is 1. The zero-order valence-electron chi connectivity index (χ0n) is 22.0. The van der Waals surface area contributed by atoms with Gasteiger partial charge in [-0.1, -0.05) is 44.7 Å². The van der Waals surface area contributed by atoms with Crippen LogP contribution in [-0.2, 0) is 10.0 Å². The van der Waals surface area contributed by atoms with Crippen LogP contribution in [0.1, 0.15) is 74.1 Å². The normalized spacial score (nSPS) is 14.6. The van der Waals surface area contributed by atoms with E-state index in [0.717, 1.165) is 29.1 Å². The number of carbonyl (C=O) groups is 1. The SMILES string of the molecule is CC(=O)c1cc(Cl)ccc1NS(C)(=O)=O.CCCCC[C@H](C)c1cc2nc(N3CC(O)C3)cc(C)n2n1. The number of unbranched alkanes of at least 4 members (excludes halogenated alkanes) is 2. The van der Waals surface area contributed by atoms with Crippen molar-refractivity contribution in [3.8, 4) is 0 Å². The number of halogens is 1. The molecular weight excluding hydrogens is 514 g/mol. The Hall–Kier alpha value is -2.69. The second kappa shape index (κ2) is 12.2. The lowest BCUT2D eigenvalue weighted by Crippen LogP contribution is -2.51. The number of aryl methyl sites for hydroxylation is 1. The van der Waals surface area contributed by atoms with Gasteiger partial charge in [-0.05, 0) is 38.5 Å². The second-order valence-electron chi connectivity index (χ2n) is 9.67. The first kappa shape index (κ1) is 28.9. The first-order valence-corrected chi connectivity index (χ1v) is 14.7. The number of aliphatic hydroxyl groups is 1. The number of nitrogens with zero attached hydrogens (tertiary/aromatic N) is 4. The first-order chi connectivity index (χ1) is 17.4. The minimum atomic E-state index is -3.39. The number of benzene rings is 1. The molecule has 0 unspecified atom stereocenters. The first-order valence-electron chi connectivity index (χ1n) is 12.5. The molecule has 11 heteroatoms. The van der Waals surface area contributed by atoms with Crippen LogP contribution in [0.25, 0.3) is 5.65 Å². The molecule has 3 heterocycles. The van der Waals surface area contributed by atoms with Crippen molar-refractivity contribution in [3.63, 3.8) is 0 Å². The van der Waals surface area contributed by atoms with Gasteiger partial charge in [-0.15, -0.1) is 0 Å². The number of carbonyl (C=O) groups excluding carboxylic acids is 1. The monoisotopic (exact) mass is 549 g/mol. The van der Waals surface area contributed by atoms with Crippen LogP contribution in [0.5, 0.6) is 0 Å². The standard InChI is InChI=1S/C17H26N4O.C9H10ClNO3S/c1-4-5-6-7-12(2)15-9-17-18-16(20-10-14(22)11-20)8-13(3)21(17)19-15;1-6(12)8-5-7(10)3-4-9(8)11-15(2,13)14/h8-9,12,14,22H,4-7,10-11H2,1-3H3;3-5,11H,1-2H3/t12-;/m0./s1. The van der Waals surface area contributed by atoms with Crippen molar-refractivity contribution in [2.24, 2.45) is 0 Å². The molecule has 1 fully saturated rings. The van der Waals surface area contributed by atoms with Crippen LogP contribution in [0, 0.1) is 6.92 Å². The lowest BCUT2D eigenvalue weighted by molar-refractivity contribution is 0.101. The van der Waals surface area contributed by atoms with Crippen molar-refractivity contribution in [1.29, 1.82) is 0 Å². The molecule has 37 heavy (non-hydrogen) atoms. The average molecular weight is 550 g/mol. The van der Waals surface area contributed by atoms with Crippen molar-refractivity contribution < 1.29 is 18.3 Å². The van der Waals surface area contributed by atoms with E-state index in [9.17, 15) is 18.3 Å². The van der Waals surface area contributed by atoms with E-state index in [1.807, 2.05) is 4.52 Å². The summed E-state index contributed by atoms with van der Waals surface area (Å²) in [6.07, 6.45) is 5.79. The minimum Gasteiger partial charge on any atom is -0.389 e. The zero-order valence-corrected chi connectivity index (χ0v) is 23.6. The van der Waals surface area contributed by atoms with Crippen LogP contribution in [0.3, 0.4) is 0 Å². The van der Waals surface area contributed by atoms with E-state index in [0.29, 0.717) is 24.0 Å². The Morgan fingerprint density at radius 2 is 1.95 bits per heavy atom. The Kier molecular flexibility index (Phi) is 9.55. The fraction of sp³-hybridized carbons (Fsp3) is 0.500. The van der Waals surface area contributed by atoms with Crippen LogP contribution in [0.4, 0.5) is 11.5 Å². The van der Waals surface area contributed by atoms with E-state index < -0.39 is 10.0 Å². The third-order valence-corrected chi connectivity index (χ3v) is 7.02. The lowest BCUT2D eigenvalue weighted by Gasteiger charge is -2.36. The van der Waals surface area contributed by atoms with E-state index in [2.05, 4.69) is 42.5 Å². The molecule has 0 radical (unpaired) electrons. The molecule has 2 aromatic heterocycles. The summed E-state index contributed by atoms with van der Waals surface area (Å²) < 4.78 is 26.2. The number of nitrogens with one attached hydrogen (secondary N) is 1. The van der Waals surface area contributed by atoms with Gasteiger partial charge in [0.2, 0.25) is 10.0 Å². The molecule has 0 amide bonds.